The van der Waals surface area contributed by atoms with Crippen LogP contribution in [0, 0.1) is 0 Å². The van der Waals surface area contributed by atoms with Crippen molar-refractivity contribution in [1.29, 1.82) is 0 Å². The van der Waals surface area contributed by atoms with Gasteiger partial charge in [-0.05, 0) is 0 Å². The van der Waals surface area contributed by atoms with Crippen LogP contribution in [0.25, 0.3) is 0 Å². The lowest BCUT2D eigenvalue weighted by Crippen LogP contribution is -1.80. The van der Waals surface area contributed by atoms with Crippen molar-refractivity contribution in [3.63, 3.8) is 0 Å². The minimum Gasteiger partial charge on any atom is -0.382 e. The van der Waals surface area contributed by atoms with E-state index in [-0.39, 0.29) is 0 Å². The lowest BCUT2D eigenvalue weighted by Gasteiger charge is -1.65. The summed E-state index contributed by atoms with van der Waals surface area (Å²) in [6.07, 6.45) is 1.38. The summed E-state index contributed by atoms with van der Waals surface area (Å²) in [5.74, 6) is 0. The van der Waals surface area contributed by atoms with Gasteiger partial charge in [0.05, 0.1) is 0 Å². The summed E-state index contributed by atoms with van der Waals surface area (Å²) in [5.41, 5.74) is 0. The molecule has 0 fully saturated rings. The molecule has 0 aromatic carbocycles. The van der Waals surface area contributed by atoms with E-state index in [0.717, 1.165) is 0 Å². The van der Waals surface area contributed by atoms with E-state index in [0.29, 0.717) is 0 Å². The summed E-state index contributed by atoms with van der Waals surface area (Å²) in [7, 11) is 9.24. The first-order valence-corrected chi connectivity index (χ1v) is 1.26. The summed E-state index contributed by atoms with van der Waals surface area (Å²) in [4.78, 5) is 3.39. The molecule has 0 aliphatic heterocycles. The summed E-state index contributed by atoms with van der Waals surface area (Å²) >= 11 is 0. The molecule has 0 unspecified atom stereocenters. The van der Waals surface area contributed by atoms with Gasteiger partial charge in [0, 0.05) is 7.74 Å². The van der Waals surface area contributed by atoms with E-state index in [1.165, 1.54) is 13.4 Å². The molecule has 0 aromatic heterocycles. The molecule has 0 rings (SSSR count). The van der Waals surface area contributed by atoms with Crippen LogP contribution in [0.3, 0.4) is 0 Å². The van der Waals surface area contributed by atoms with Crippen LogP contribution in [0.5, 0.6) is 0 Å². The molecule has 0 aromatic rings. The Hall–Kier alpha value is -0.135. The van der Waals surface area contributed by atoms with E-state index in [1.807, 2.05) is 0 Å². The van der Waals surface area contributed by atoms with E-state index >= 15 is 0 Å². The fraction of sp³-hybridized carbons (Fsp3) is 0. The van der Waals surface area contributed by atoms with Crippen molar-refractivity contribution in [3.8, 4) is 0 Å². The first-order chi connectivity index (χ1) is 2.41. The van der Waals surface area contributed by atoms with Gasteiger partial charge in [-0.15, -0.1) is 0 Å². The quantitative estimate of drug-likeness (QED) is 0.261. The van der Waals surface area contributed by atoms with E-state index in [2.05, 4.69) is 12.7 Å². The van der Waals surface area contributed by atoms with Gasteiger partial charge in [0.25, 0.3) is 0 Å². The maximum atomic E-state index is 4.78. The number of hydrogen-bond acceptors (Lipinski definition) is 1. The van der Waals surface area contributed by atoms with Gasteiger partial charge >= 0.3 is 0 Å². The lowest BCUT2D eigenvalue weighted by atomic mass is 9.68. The minimum atomic E-state index is 1.19. The highest BCUT2D eigenvalue weighted by molar-refractivity contribution is 6.89. The predicted molar refractivity (Wildman–Crippen MR) is 27.1 cm³/mol. The van der Waals surface area contributed by atoms with Crippen LogP contribution in [0.15, 0.2) is 4.90 Å². The van der Waals surface area contributed by atoms with Crippen LogP contribution >= 0.6 is 0 Å². The molecular weight excluding hydrogens is 58.5 g/mol. The molecule has 4 heteroatoms. The monoisotopic (exact) mass is 61.0 g/mol. The van der Waals surface area contributed by atoms with Crippen LogP contribution in [-0.2, 0) is 0 Å². The average Bonchev–Trinajstić information content (AvgIpc) is 1.41. The van der Waals surface area contributed by atoms with Crippen molar-refractivity contribution in [2.24, 2.45) is 4.90 Å². The molecule has 4 radical (unpaired) electrons. The first kappa shape index (κ1) is 4.86. The van der Waals surface area contributed by atoms with Crippen molar-refractivity contribution in [2.45, 2.75) is 0 Å². The van der Waals surface area contributed by atoms with Crippen molar-refractivity contribution in [2.75, 3.05) is 0 Å². The normalized spacial score (nSPS) is 8.80. The molecule has 0 atom stereocenters. The Kier molecular flexibility index (Phi) is 3.76. The number of hydrogen-bond donors (Lipinski definition) is 0. The fourth-order valence-electron chi connectivity index (χ4n) is 0.0609. The predicted octanol–water partition coefficient (Wildman–Crippen LogP) is -1.38. The average molecular weight is 60.5 g/mol. The van der Waals surface area contributed by atoms with E-state index in [4.69, 9.17) is 7.74 Å². The molecule has 0 aliphatic carbocycles. The Labute approximate surface area is 34.9 Å². The molecular formula is CH2B3N. The highest BCUT2D eigenvalue weighted by Crippen LogP contribution is 1.42. The maximum Gasteiger partial charge on any atom is 0.212 e. The highest BCUT2D eigenvalue weighted by Gasteiger charge is 1.57. The standard InChI is InChI=1S/CH2B3N/c2-1-5-4-3/h1-2H. The van der Waals surface area contributed by atoms with Crippen molar-refractivity contribution >= 4 is 29.0 Å². The van der Waals surface area contributed by atoms with E-state index in [1.54, 1.807) is 0 Å². The van der Waals surface area contributed by atoms with Gasteiger partial charge in [-0.25, -0.2) is 0 Å². The second kappa shape index (κ2) is 3.86. The van der Waals surface area contributed by atoms with E-state index in [9.17, 15) is 0 Å². The maximum absolute atomic E-state index is 4.78. The van der Waals surface area contributed by atoms with Gasteiger partial charge in [0.1, 0.15) is 7.85 Å². The minimum absolute atomic E-state index is 1.19. The summed E-state index contributed by atoms with van der Waals surface area (Å²) in [6.45, 7) is 0. The Balaban J connectivity index is 2.62. The zero-order valence-electron chi connectivity index (χ0n) is 2.89. The topological polar surface area (TPSA) is 12.4 Å². The molecule has 0 spiro atoms. The van der Waals surface area contributed by atoms with Crippen LogP contribution in [0.1, 0.15) is 0 Å². The zero-order valence-corrected chi connectivity index (χ0v) is 2.89. The molecule has 0 amide bonds. The molecule has 1 nitrogen and oxygen atoms in total. The summed E-state index contributed by atoms with van der Waals surface area (Å²) in [6, 6.07) is 0. The molecule has 5 heavy (non-hydrogen) atoms. The number of nitrogens with zero attached hydrogens (tertiary/aromatic N) is 1. The van der Waals surface area contributed by atoms with Crippen LogP contribution < -0.4 is 0 Å². The fourth-order valence-corrected chi connectivity index (χ4v) is 0.0609. The SMILES string of the molecule is [B][B]N=C[BH]. The molecule has 0 saturated heterocycles. The summed E-state index contributed by atoms with van der Waals surface area (Å²) < 4.78 is 0. The molecule has 0 saturated carbocycles. The van der Waals surface area contributed by atoms with E-state index < -0.39 is 0 Å². The third-order valence-electron chi connectivity index (χ3n) is 0.191. The Morgan fingerprint density at radius 2 is 2.60 bits per heavy atom. The number of rotatable bonds is 1. The van der Waals surface area contributed by atoms with Crippen LogP contribution in [-0.4, -0.2) is 29.0 Å². The lowest BCUT2D eigenvalue weighted by molar-refractivity contribution is 1.96. The van der Waals surface area contributed by atoms with Crippen molar-refractivity contribution < 1.29 is 0 Å². The first-order valence-electron chi connectivity index (χ1n) is 1.26. The Morgan fingerprint density at radius 1 is 2.00 bits per heavy atom. The van der Waals surface area contributed by atoms with Crippen LogP contribution in [0.2, 0.25) is 0 Å². The zero-order chi connectivity index (χ0) is 4.12. The van der Waals surface area contributed by atoms with Gasteiger partial charge in [-0.1, -0.05) is 6.11 Å². The van der Waals surface area contributed by atoms with Gasteiger partial charge in [-0.2, -0.15) is 0 Å². The Morgan fingerprint density at radius 3 is 2.60 bits per heavy atom. The third-order valence-corrected chi connectivity index (χ3v) is 0.191. The molecule has 0 N–H and O–H groups in total. The van der Waals surface area contributed by atoms with Gasteiger partial charge in [0.2, 0.25) is 7.31 Å². The van der Waals surface area contributed by atoms with Gasteiger partial charge in [0.15, 0.2) is 0 Å². The van der Waals surface area contributed by atoms with Crippen molar-refractivity contribution in [3.05, 3.63) is 0 Å². The molecule has 0 bridgehead atoms. The molecule has 0 aliphatic rings. The summed E-state index contributed by atoms with van der Waals surface area (Å²) in [5, 5.41) is 0. The Bertz CT molecular complexity index is 33.9. The second-order valence-electron chi connectivity index (χ2n) is 0.481. The van der Waals surface area contributed by atoms with Gasteiger partial charge < -0.3 is 4.90 Å². The third kappa shape index (κ3) is 3.86. The van der Waals surface area contributed by atoms with Crippen molar-refractivity contribution in [1.82, 2.24) is 0 Å². The van der Waals surface area contributed by atoms with Gasteiger partial charge in [-0.3, -0.25) is 0 Å². The second-order valence-corrected chi connectivity index (χ2v) is 0.481. The molecule has 0 heterocycles. The smallest absolute Gasteiger partial charge is 0.212 e. The van der Waals surface area contributed by atoms with Crippen LogP contribution in [0.4, 0.5) is 0 Å². The molecule has 20 valence electrons. The highest BCUT2D eigenvalue weighted by atomic mass is 14.5. The largest absolute Gasteiger partial charge is 0.382 e.